The van der Waals surface area contributed by atoms with Crippen LogP contribution in [0.2, 0.25) is 0 Å². The number of allylic oxidation sites excluding steroid dienone is 1. The van der Waals surface area contributed by atoms with Crippen LogP contribution < -0.4 is 5.32 Å². The number of hydrogen-bond acceptors (Lipinski definition) is 1. The molecule has 0 aromatic heterocycles. The second kappa shape index (κ2) is 2.71. The van der Waals surface area contributed by atoms with Crippen LogP contribution in [0, 0.1) is 0 Å². The Morgan fingerprint density at radius 3 is 2.38 bits per heavy atom. The SMILES string of the molecule is C/C=C(\NC)I1CC1. The van der Waals surface area contributed by atoms with Crippen molar-refractivity contribution in [2.75, 3.05) is 15.9 Å². The Kier molecular flexibility index (Phi) is 2.16. The van der Waals surface area contributed by atoms with Crippen LogP contribution in [0.5, 0.6) is 0 Å². The Hall–Kier alpha value is 0.270. The third-order valence-corrected chi connectivity index (χ3v) is 6.12. The van der Waals surface area contributed by atoms with E-state index in [0.717, 1.165) is 0 Å². The van der Waals surface area contributed by atoms with Gasteiger partial charge in [-0.15, -0.1) is 0 Å². The van der Waals surface area contributed by atoms with Gasteiger partial charge in [0.25, 0.3) is 0 Å². The molecule has 0 unspecified atom stereocenters. The quantitative estimate of drug-likeness (QED) is 0.427. The van der Waals surface area contributed by atoms with Crippen molar-refractivity contribution in [2.45, 2.75) is 6.92 Å². The molecule has 1 nitrogen and oxygen atoms in total. The van der Waals surface area contributed by atoms with E-state index < -0.39 is 19.8 Å². The molecule has 1 rings (SSSR count). The van der Waals surface area contributed by atoms with Crippen molar-refractivity contribution in [3.05, 3.63) is 9.78 Å². The third-order valence-electron chi connectivity index (χ3n) is 1.16. The van der Waals surface area contributed by atoms with E-state index in [0.29, 0.717) is 0 Å². The summed E-state index contributed by atoms with van der Waals surface area (Å²) in [7, 11) is 2.03. The maximum absolute atomic E-state index is 3.24. The first kappa shape index (κ1) is 6.39. The van der Waals surface area contributed by atoms with Gasteiger partial charge in [0.05, 0.1) is 0 Å². The molecule has 2 heteroatoms. The van der Waals surface area contributed by atoms with E-state index >= 15 is 0 Å². The molecule has 1 aliphatic rings. The molecule has 0 aliphatic carbocycles. The molecule has 0 aromatic rings. The Bertz CT molecular complexity index is 105. The molecule has 0 aromatic carbocycles. The summed E-state index contributed by atoms with van der Waals surface area (Å²) in [6.45, 7) is 2.13. The Balaban J connectivity index is 2.37. The van der Waals surface area contributed by atoms with Crippen LogP contribution >= 0.6 is 19.8 Å². The van der Waals surface area contributed by atoms with Gasteiger partial charge in [-0.1, -0.05) is 0 Å². The predicted octanol–water partition coefficient (Wildman–Crippen LogP) is 1.59. The van der Waals surface area contributed by atoms with Gasteiger partial charge in [0.15, 0.2) is 0 Å². The Labute approximate surface area is 57.9 Å². The van der Waals surface area contributed by atoms with Crippen LogP contribution in [0.4, 0.5) is 0 Å². The normalized spacial score (nSPS) is 23.2. The van der Waals surface area contributed by atoms with E-state index in [2.05, 4.69) is 18.3 Å². The number of halogens is 1. The molecule has 0 bridgehead atoms. The molecule has 1 aliphatic heterocycles. The molecular weight excluding hydrogens is 213 g/mol. The number of alkyl halides is 2. The fraction of sp³-hybridized carbons (Fsp3) is 0.667. The van der Waals surface area contributed by atoms with Gasteiger partial charge in [0.1, 0.15) is 0 Å². The van der Waals surface area contributed by atoms with E-state index in [4.69, 9.17) is 0 Å². The van der Waals surface area contributed by atoms with E-state index in [9.17, 15) is 0 Å². The van der Waals surface area contributed by atoms with Crippen LogP contribution in [-0.2, 0) is 0 Å². The fourth-order valence-electron chi connectivity index (χ4n) is 0.672. The van der Waals surface area contributed by atoms with Crippen molar-refractivity contribution < 1.29 is 0 Å². The van der Waals surface area contributed by atoms with Crippen molar-refractivity contribution in [1.82, 2.24) is 5.32 Å². The first-order valence-corrected chi connectivity index (χ1v) is 6.97. The van der Waals surface area contributed by atoms with Crippen LogP contribution in [-0.4, -0.2) is 15.9 Å². The van der Waals surface area contributed by atoms with Crippen LogP contribution in [0.1, 0.15) is 6.92 Å². The molecule has 8 heavy (non-hydrogen) atoms. The Morgan fingerprint density at radius 1 is 1.62 bits per heavy atom. The zero-order chi connectivity index (χ0) is 5.98. The number of rotatable bonds is 2. The molecule has 1 heterocycles. The van der Waals surface area contributed by atoms with Gasteiger partial charge in [-0.25, -0.2) is 0 Å². The molecule has 0 saturated carbocycles. The van der Waals surface area contributed by atoms with Crippen molar-refractivity contribution in [1.29, 1.82) is 0 Å². The zero-order valence-corrected chi connectivity index (χ0v) is 7.53. The predicted molar refractivity (Wildman–Crippen MR) is 46.6 cm³/mol. The monoisotopic (exact) mass is 225 g/mol. The fourth-order valence-corrected chi connectivity index (χ4v) is 5.05. The molecule has 0 atom stereocenters. The minimum absolute atomic E-state index is 0.435. The summed E-state index contributed by atoms with van der Waals surface area (Å²) in [5.74, 6) is 0. The van der Waals surface area contributed by atoms with E-state index in [-0.39, 0.29) is 0 Å². The molecule has 1 N–H and O–H groups in total. The van der Waals surface area contributed by atoms with Gasteiger partial charge in [-0.3, -0.25) is 0 Å². The van der Waals surface area contributed by atoms with E-state index in [1.165, 1.54) is 0 Å². The maximum atomic E-state index is 3.24. The van der Waals surface area contributed by atoms with Crippen LogP contribution in [0.15, 0.2) is 9.78 Å². The summed E-state index contributed by atoms with van der Waals surface area (Å²) >= 11 is -0.435. The number of hydrogen-bond donors (Lipinski definition) is 1. The van der Waals surface area contributed by atoms with Crippen molar-refractivity contribution in [3.63, 3.8) is 0 Å². The molecule has 0 radical (unpaired) electrons. The molecule has 48 valence electrons. The van der Waals surface area contributed by atoms with Gasteiger partial charge in [0, 0.05) is 0 Å². The van der Waals surface area contributed by atoms with Gasteiger partial charge >= 0.3 is 57.7 Å². The van der Waals surface area contributed by atoms with Crippen molar-refractivity contribution in [3.8, 4) is 0 Å². The molecule has 1 fully saturated rings. The van der Waals surface area contributed by atoms with E-state index in [1.807, 2.05) is 7.05 Å². The van der Waals surface area contributed by atoms with Crippen molar-refractivity contribution >= 4 is 19.8 Å². The summed E-state index contributed by atoms with van der Waals surface area (Å²) in [5, 5.41) is 3.24. The summed E-state index contributed by atoms with van der Waals surface area (Å²) in [6, 6.07) is 0. The average molecular weight is 225 g/mol. The third kappa shape index (κ3) is 1.37. The molecular formula is C6H12IN. The summed E-state index contributed by atoms with van der Waals surface area (Å²) < 4.78 is 4.67. The van der Waals surface area contributed by atoms with E-state index in [1.54, 1.807) is 12.6 Å². The van der Waals surface area contributed by atoms with Crippen LogP contribution in [0.25, 0.3) is 0 Å². The first-order chi connectivity index (χ1) is 3.88. The topological polar surface area (TPSA) is 12.0 Å². The molecule has 0 amide bonds. The van der Waals surface area contributed by atoms with Gasteiger partial charge in [0.2, 0.25) is 0 Å². The number of nitrogens with one attached hydrogen (secondary N) is 1. The van der Waals surface area contributed by atoms with Crippen molar-refractivity contribution in [2.24, 2.45) is 0 Å². The zero-order valence-electron chi connectivity index (χ0n) is 5.37. The molecule has 1 saturated heterocycles. The molecule has 0 spiro atoms. The summed E-state index contributed by atoms with van der Waals surface area (Å²) in [4.78, 5) is 0. The Morgan fingerprint density at radius 2 is 2.25 bits per heavy atom. The first-order valence-electron chi connectivity index (χ1n) is 2.84. The van der Waals surface area contributed by atoms with Gasteiger partial charge in [-0.05, 0) is 0 Å². The van der Waals surface area contributed by atoms with Crippen LogP contribution in [0.3, 0.4) is 0 Å². The van der Waals surface area contributed by atoms with Gasteiger partial charge in [-0.2, -0.15) is 0 Å². The minimum atomic E-state index is -0.435. The average Bonchev–Trinajstić information content (AvgIpc) is 2.53. The standard InChI is InChI=1S/C6H12IN/c1-3-6(8-2)7-4-5-7/h3,8H,4-5H2,1-2H3/b6-3-. The summed E-state index contributed by atoms with van der Waals surface area (Å²) in [6.07, 6.45) is 2.23. The second-order valence-corrected chi connectivity index (χ2v) is 7.64. The summed E-state index contributed by atoms with van der Waals surface area (Å²) in [5.41, 5.74) is 0. The second-order valence-electron chi connectivity index (χ2n) is 1.72. The van der Waals surface area contributed by atoms with Gasteiger partial charge < -0.3 is 0 Å².